The SMILES string of the molecule is CC(C)c1ccc(N(c2ccc3cc4c(cc3c2)oc2ccc3oc5cc6cc(N(c7ccc(C(C)C)cc7)c7ccc8oc9ccccc9c8c7)ccc6cc5c3c24)c2ccc3oc4ccccc4c3c2)cc1. The van der Waals surface area contributed by atoms with Crippen molar-refractivity contribution in [3.8, 4) is 0 Å². The second kappa shape index (κ2) is 16.1. The van der Waals surface area contributed by atoms with Crippen LogP contribution in [0.2, 0.25) is 0 Å². The zero-order valence-electron chi connectivity index (χ0n) is 41.3. The minimum atomic E-state index is 0.431. The minimum absolute atomic E-state index is 0.431. The first-order valence-corrected chi connectivity index (χ1v) is 25.6. The van der Waals surface area contributed by atoms with Gasteiger partial charge in [-0.1, -0.05) is 100 Å². The van der Waals surface area contributed by atoms with Crippen LogP contribution >= 0.6 is 0 Å². The summed E-state index contributed by atoms with van der Waals surface area (Å²) in [6, 6.07) is 73.9. The van der Waals surface area contributed by atoms with Gasteiger partial charge in [0, 0.05) is 77.2 Å². The van der Waals surface area contributed by atoms with Crippen LogP contribution in [0, 0.1) is 0 Å². The Morgan fingerprint density at radius 3 is 1.04 bits per heavy atom. The topological polar surface area (TPSA) is 59.0 Å². The molecule has 15 aromatic rings. The lowest BCUT2D eigenvalue weighted by Crippen LogP contribution is -2.10. The van der Waals surface area contributed by atoms with Gasteiger partial charge >= 0.3 is 0 Å². The first-order chi connectivity index (χ1) is 36.3. The van der Waals surface area contributed by atoms with Crippen molar-refractivity contribution < 1.29 is 17.7 Å². The van der Waals surface area contributed by atoms with Gasteiger partial charge in [-0.25, -0.2) is 0 Å². The third-order valence-electron chi connectivity index (χ3n) is 15.3. The van der Waals surface area contributed by atoms with E-state index >= 15 is 0 Å². The Bertz CT molecular complexity index is 4440. The van der Waals surface area contributed by atoms with E-state index in [0.717, 1.165) is 143 Å². The summed E-state index contributed by atoms with van der Waals surface area (Å²) in [5, 5.41) is 13.1. The maximum atomic E-state index is 6.77. The summed E-state index contributed by atoms with van der Waals surface area (Å²) in [6.07, 6.45) is 0. The van der Waals surface area contributed by atoms with Gasteiger partial charge in [0.25, 0.3) is 0 Å². The van der Waals surface area contributed by atoms with E-state index in [2.05, 4.69) is 219 Å². The largest absolute Gasteiger partial charge is 0.456 e. The molecule has 0 unspecified atom stereocenters. The number of nitrogens with zero attached hydrogens (tertiary/aromatic N) is 2. The second-order valence-corrected chi connectivity index (χ2v) is 20.5. The van der Waals surface area contributed by atoms with E-state index in [9.17, 15) is 0 Å². The Morgan fingerprint density at radius 2 is 0.608 bits per heavy atom. The van der Waals surface area contributed by atoms with Crippen LogP contribution in [0.25, 0.3) is 109 Å². The third-order valence-corrected chi connectivity index (χ3v) is 15.3. The van der Waals surface area contributed by atoms with Gasteiger partial charge in [0.15, 0.2) is 0 Å². The molecular weight excluding hydrogens is 909 g/mol. The van der Waals surface area contributed by atoms with E-state index in [1.165, 1.54) is 11.1 Å². The molecule has 0 saturated heterocycles. The summed E-state index contributed by atoms with van der Waals surface area (Å²) in [5.41, 5.74) is 15.8. The van der Waals surface area contributed by atoms with Gasteiger partial charge in [-0.3, -0.25) is 0 Å². The van der Waals surface area contributed by atoms with E-state index in [1.807, 2.05) is 24.3 Å². The molecule has 0 fully saturated rings. The van der Waals surface area contributed by atoms with Crippen molar-refractivity contribution in [2.24, 2.45) is 0 Å². The molecule has 0 aliphatic rings. The number of anilines is 6. The quantitative estimate of drug-likeness (QED) is 0.151. The maximum Gasteiger partial charge on any atom is 0.136 e. The van der Waals surface area contributed by atoms with Crippen molar-refractivity contribution >= 4 is 143 Å². The van der Waals surface area contributed by atoms with Gasteiger partial charge in [-0.15, -0.1) is 0 Å². The molecule has 0 bridgehead atoms. The summed E-state index contributed by atoms with van der Waals surface area (Å²) in [5.74, 6) is 0.861. The van der Waals surface area contributed by atoms with Gasteiger partial charge in [0.2, 0.25) is 0 Å². The molecule has 74 heavy (non-hydrogen) atoms. The van der Waals surface area contributed by atoms with Crippen molar-refractivity contribution in [1.29, 1.82) is 0 Å². The number of hydrogen-bond acceptors (Lipinski definition) is 6. The molecule has 6 nitrogen and oxygen atoms in total. The van der Waals surface area contributed by atoms with Crippen LogP contribution in [0.15, 0.2) is 224 Å². The number of furan rings is 4. The van der Waals surface area contributed by atoms with E-state index in [0.29, 0.717) is 11.8 Å². The van der Waals surface area contributed by atoms with E-state index < -0.39 is 0 Å². The van der Waals surface area contributed by atoms with Gasteiger partial charge in [0.05, 0.1) is 0 Å². The molecule has 0 aliphatic heterocycles. The Kier molecular flexibility index (Phi) is 9.24. The van der Waals surface area contributed by atoms with Gasteiger partial charge in [-0.2, -0.15) is 0 Å². The van der Waals surface area contributed by atoms with Crippen molar-refractivity contribution in [1.82, 2.24) is 0 Å². The standard InChI is InChI=1S/C68H48N2O4/c1-39(2)41-13-19-47(20-14-41)69(51-25-27-61-55(37-51)53-9-5-7-11-59(53)71-61)49-23-17-43-33-57-65(35-45(43)31-49)73-63-29-30-64-68(67(57)63)58-34-44-18-24-50(32-46(44)36-66(58)74-64)70(48-21-15-42(16-22-48)40(3)4)52-26-28-62-56(38-52)54-10-6-8-12-60(54)72-62/h5-40H,1-4H3. The molecule has 4 aromatic heterocycles. The molecule has 0 N–H and O–H groups in total. The van der Waals surface area contributed by atoms with E-state index in [1.54, 1.807) is 0 Å². The lowest BCUT2D eigenvalue weighted by Gasteiger charge is -2.26. The maximum absolute atomic E-state index is 6.77. The van der Waals surface area contributed by atoms with Gasteiger partial charge in [-0.05, 0) is 178 Å². The third kappa shape index (κ3) is 6.64. The zero-order valence-corrected chi connectivity index (χ0v) is 41.3. The summed E-state index contributed by atoms with van der Waals surface area (Å²) in [6.45, 7) is 8.94. The lowest BCUT2D eigenvalue weighted by atomic mass is 10.00. The molecule has 4 heterocycles. The molecule has 0 spiro atoms. The smallest absolute Gasteiger partial charge is 0.136 e. The Balaban J connectivity index is 0.846. The highest BCUT2D eigenvalue weighted by Crippen LogP contribution is 2.46. The molecule has 11 aromatic carbocycles. The average Bonchev–Trinajstić information content (AvgIpc) is 4.21. The summed E-state index contributed by atoms with van der Waals surface area (Å²) < 4.78 is 26.1. The van der Waals surface area contributed by atoms with Crippen LogP contribution in [-0.4, -0.2) is 0 Å². The molecule has 0 amide bonds. The molecule has 354 valence electrons. The second-order valence-electron chi connectivity index (χ2n) is 20.5. The van der Waals surface area contributed by atoms with Crippen LogP contribution in [0.4, 0.5) is 34.1 Å². The fourth-order valence-electron chi connectivity index (χ4n) is 11.5. The van der Waals surface area contributed by atoms with Gasteiger partial charge in [0.1, 0.15) is 44.7 Å². The van der Waals surface area contributed by atoms with Gasteiger partial charge < -0.3 is 27.5 Å². The van der Waals surface area contributed by atoms with Crippen LogP contribution in [0.5, 0.6) is 0 Å². The zero-order chi connectivity index (χ0) is 49.3. The Labute approximate surface area is 425 Å². The molecule has 15 rings (SSSR count). The fraction of sp³-hybridized carbons (Fsp3) is 0.0882. The molecule has 0 saturated carbocycles. The molecule has 0 radical (unpaired) electrons. The van der Waals surface area contributed by atoms with E-state index in [4.69, 9.17) is 17.7 Å². The van der Waals surface area contributed by atoms with Crippen molar-refractivity contribution in [3.05, 3.63) is 217 Å². The highest BCUT2D eigenvalue weighted by Gasteiger charge is 2.22. The Morgan fingerprint density at radius 1 is 0.257 bits per heavy atom. The average molecular weight is 957 g/mol. The highest BCUT2D eigenvalue weighted by atomic mass is 16.3. The van der Waals surface area contributed by atoms with E-state index in [-0.39, 0.29) is 0 Å². The summed E-state index contributed by atoms with van der Waals surface area (Å²) >= 11 is 0. The monoisotopic (exact) mass is 956 g/mol. The predicted octanol–water partition coefficient (Wildman–Crippen LogP) is 20.8. The minimum Gasteiger partial charge on any atom is -0.456 e. The van der Waals surface area contributed by atoms with Crippen molar-refractivity contribution in [3.63, 3.8) is 0 Å². The number of fused-ring (bicyclic) bond motifs is 15. The molecular formula is C68H48N2O4. The Hall–Kier alpha value is -9.26. The van der Waals surface area contributed by atoms with Crippen molar-refractivity contribution in [2.75, 3.05) is 9.80 Å². The normalized spacial score (nSPS) is 12.3. The molecule has 6 heteroatoms. The first kappa shape index (κ1) is 42.4. The number of rotatable bonds is 8. The first-order valence-electron chi connectivity index (χ1n) is 25.6. The lowest BCUT2D eigenvalue weighted by molar-refractivity contribution is 0.663. The fourth-order valence-corrected chi connectivity index (χ4v) is 11.5. The number of benzene rings is 11. The summed E-state index contributed by atoms with van der Waals surface area (Å²) in [4.78, 5) is 4.68. The number of hydrogen-bond donors (Lipinski definition) is 0. The van der Waals surface area contributed by atoms with Crippen LogP contribution < -0.4 is 9.80 Å². The van der Waals surface area contributed by atoms with Crippen LogP contribution in [0.1, 0.15) is 50.7 Å². The number of para-hydroxylation sites is 2. The molecule has 0 atom stereocenters. The predicted molar refractivity (Wildman–Crippen MR) is 308 cm³/mol. The van der Waals surface area contributed by atoms with Crippen LogP contribution in [-0.2, 0) is 0 Å². The van der Waals surface area contributed by atoms with Crippen LogP contribution in [0.3, 0.4) is 0 Å². The summed E-state index contributed by atoms with van der Waals surface area (Å²) in [7, 11) is 0. The highest BCUT2D eigenvalue weighted by molar-refractivity contribution is 6.28. The van der Waals surface area contributed by atoms with Crippen molar-refractivity contribution in [2.45, 2.75) is 39.5 Å². The molecule has 0 aliphatic carbocycles.